The average Bonchev–Trinajstić information content (AvgIpc) is 2.63. The second-order valence-corrected chi connectivity index (χ2v) is 6.84. The first-order valence-electron chi connectivity index (χ1n) is 9.56. The molecule has 1 aromatic rings. The largest absolute Gasteiger partial charge is 0.379 e. The normalized spacial score (nSPS) is 15.3. The van der Waals surface area contributed by atoms with Crippen molar-refractivity contribution in [2.24, 2.45) is 5.73 Å². The van der Waals surface area contributed by atoms with Gasteiger partial charge < -0.3 is 15.8 Å². The summed E-state index contributed by atoms with van der Waals surface area (Å²) in [6.07, 6.45) is 4.79. The van der Waals surface area contributed by atoms with Crippen LogP contribution in [0.1, 0.15) is 49.3 Å². The first kappa shape index (κ1) is 26.1. The van der Waals surface area contributed by atoms with Crippen LogP contribution in [0.4, 0.5) is 0 Å². The molecule has 1 heterocycles. The highest BCUT2D eigenvalue weighted by Crippen LogP contribution is 2.22. The molecule has 0 saturated carbocycles. The summed E-state index contributed by atoms with van der Waals surface area (Å²) in [6.45, 7) is 6.85. The molecule has 1 amide bonds. The number of morpholine rings is 1. The Morgan fingerprint density at radius 3 is 2.56 bits per heavy atom. The van der Waals surface area contributed by atoms with Crippen molar-refractivity contribution in [3.8, 4) is 0 Å². The van der Waals surface area contributed by atoms with E-state index in [1.807, 2.05) is 0 Å². The Balaban J connectivity index is 0.00000338. The number of carbonyl (C=O) groups is 1. The fourth-order valence-corrected chi connectivity index (χ4v) is 3.31. The van der Waals surface area contributed by atoms with Crippen LogP contribution in [-0.4, -0.2) is 50.2 Å². The molecule has 7 heteroatoms. The molecule has 2 rings (SSSR count). The Morgan fingerprint density at radius 1 is 1.19 bits per heavy atom. The number of nitrogens with two attached hydrogens (primary N) is 1. The van der Waals surface area contributed by atoms with E-state index in [2.05, 4.69) is 41.4 Å². The molecule has 1 aliphatic rings. The molecule has 0 spiro atoms. The van der Waals surface area contributed by atoms with Crippen molar-refractivity contribution < 1.29 is 9.53 Å². The van der Waals surface area contributed by atoms with Crippen LogP contribution in [0.25, 0.3) is 0 Å². The summed E-state index contributed by atoms with van der Waals surface area (Å²) in [6, 6.07) is 8.80. The molecule has 156 valence electrons. The predicted molar refractivity (Wildman–Crippen MR) is 116 cm³/mol. The number of hydrogen-bond acceptors (Lipinski definition) is 4. The zero-order valence-electron chi connectivity index (χ0n) is 16.3. The first-order valence-corrected chi connectivity index (χ1v) is 9.56. The van der Waals surface area contributed by atoms with E-state index in [9.17, 15) is 4.79 Å². The fraction of sp³-hybridized carbons (Fsp3) is 0.650. The Bertz CT molecular complexity index is 526. The van der Waals surface area contributed by atoms with Crippen molar-refractivity contribution in [2.75, 3.05) is 39.4 Å². The molecule has 5 nitrogen and oxygen atoms in total. The number of ether oxygens (including phenoxy) is 1. The smallest absolute Gasteiger partial charge is 0.220 e. The van der Waals surface area contributed by atoms with Gasteiger partial charge in [-0.3, -0.25) is 9.69 Å². The molecule has 0 aliphatic carbocycles. The van der Waals surface area contributed by atoms with E-state index in [0.29, 0.717) is 13.0 Å². The molecule has 1 aliphatic heterocycles. The molecule has 1 aromatic carbocycles. The van der Waals surface area contributed by atoms with E-state index in [1.165, 1.54) is 11.1 Å². The minimum absolute atomic E-state index is 0. The van der Waals surface area contributed by atoms with E-state index in [1.54, 1.807) is 0 Å². The number of aryl methyl sites for hydroxylation is 1. The third-order valence-electron chi connectivity index (χ3n) is 4.76. The van der Waals surface area contributed by atoms with Crippen LogP contribution in [0.5, 0.6) is 0 Å². The number of nitrogens with one attached hydrogen (secondary N) is 1. The maximum atomic E-state index is 12.2. The number of benzene rings is 1. The Kier molecular flexibility index (Phi) is 14.6. The molecular formula is C20H35Cl2N3O2. The van der Waals surface area contributed by atoms with Gasteiger partial charge in [-0.2, -0.15) is 0 Å². The first-order chi connectivity index (χ1) is 12.2. The lowest BCUT2D eigenvalue weighted by Crippen LogP contribution is -2.43. The van der Waals surface area contributed by atoms with Gasteiger partial charge >= 0.3 is 0 Å². The van der Waals surface area contributed by atoms with Crippen molar-refractivity contribution in [3.63, 3.8) is 0 Å². The number of unbranched alkanes of at least 4 members (excludes halogenated alkanes) is 3. The van der Waals surface area contributed by atoms with Gasteiger partial charge in [-0.05, 0) is 31.9 Å². The summed E-state index contributed by atoms with van der Waals surface area (Å²) in [5.41, 5.74) is 8.02. The van der Waals surface area contributed by atoms with Crippen LogP contribution in [0, 0.1) is 6.92 Å². The third-order valence-corrected chi connectivity index (χ3v) is 4.76. The zero-order valence-corrected chi connectivity index (χ0v) is 18.0. The Hall–Kier alpha value is -0.850. The molecule has 0 aromatic heterocycles. The second-order valence-electron chi connectivity index (χ2n) is 6.84. The topological polar surface area (TPSA) is 67.6 Å². The lowest BCUT2D eigenvalue weighted by molar-refractivity contribution is -0.121. The summed E-state index contributed by atoms with van der Waals surface area (Å²) in [4.78, 5) is 14.6. The summed E-state index contributed by atoms with van der Waals surface area (Å²) in [5, 5.41) is 3.14. The number of hydrogen-bond donors (Lipinski definition) is 2. The maximum absolute atomic E-state index is 12.2. The molecule has 0 radical (unpaired) electrons. The van der Waals surface area contributed by atoms with Crippen LogP contribution >= 0.6 is 24.8 Å². The average molecular weight is 420 g/mol. The molecule has 27 heavy (non-hydrogen) atoms. The van der Waals surface area contributed by atoms with Crippen molar-refractivity contribution in [2.45, 2.75) is 45.1 Å². The van der Waals surface area contributed by atoms with Crippen molar-refractivity contribution >= 4 is 30.7 Å². The highest BCUT2D eigenvalue weighted by Gasteiger charge is 2.23. The minimum atomic E-state index is 0. The van der Waals surface area contributed by atoms with Crippen molar-refractivity contribution in [1.82, 2.24) is 10.2 Å². The summed E-state index contributed by atoms with van der Waals surface area (Å²) < 4.78 is 5.48. The van der Waals surface area contributed by atoms with Gasteiger partial charge in [0.15, 0.2) is 0 Å². The lowest BCUT2D eigenvalue weighted by Gasteiger charge is -2.35. The van der Waals surface area contributed by atoms with Crippen LogP contribution < -0.4 is 11.1 Å². The van der Waals surface area contributed by atoms with Gasteiger partial charge in [0.1, 0.15) is 0 Å². The van der Waals surface area contributed by atoms with Crippen molar-refractivity contribution in [3.05, 3.63) is 35.4 Å². The molecule has 1 atom stereocenters. The van der Waals surface area contributed by atoms with Gasteiger partial charge in [0, 0.05) is 26.1 Å². The van der Waals surface area contributed by atoms with E-state index in [4.69, 9.17) is 10.5 Å². The third kappa shape index (κ3) is 9.77. The molecular weight excluding hydrogens is 385 g/mol. The number of rotatable bonds is 10. The second kappa shape index (κ2) is 15.1. The number of halogens is 2. The summed E-state index contributed by atoms with van der Waals surface area (Å²) in [5.74, 6) is 0.152. The molecule has 1 unspecified atom stereocenters. The molecule has 3 N–H and O–H groups in total. The fourth-order valence-electron chi connectivity index (χ4n) is 3.31. The quantitative estimate of drug-likeness (QED) is 0.571. The molecule has 1 fully saturated rings. The Labute approximate surface area is 176 Å². The number of amides is 1. The monoisotopic (exact) mass is 419 g/mol. The Morgan fingerprint density at radius 2 is 1.89 bits per heavy atom. The van der Waals surface area contributed by atoms with Gasteiger partial charge in [0.2, 0.25) is 5.91 Å². The van der Waals surface area contributed by atoms with Crippen LogP contribution in [0.15, 0.2) is 24.3 Å². The van der Waals surface area contributed by atoms with E-state index < -0.39 is 0 Å². The summed E-state index contributed by atoms with van der Waals surface area (Å²) in [7, 11) is 0. The molecule has 0 bridgehead atoms. The van der Waals surface area contributed by atoms with Crippen LogP contribution in [0.2, 0.25) is 0 Å². The van der Waals surface area contributed by atoms with E-state index in [0.717, 1.165) is 58.5 Å². The van der Waals surface area contributed by atoms with Gasteiger partial charge in [-0.1, -0.05) is 42.7 Å². The number of carbonyl (C=O) groups excluding carboxylic acids is 1. The minimum Gasteiger partial charge on any atom is -0.379 e. The lowest BCUT2D eigenvalue weighted by atomic mass is 10.0. The standard InChI is InChI=1S/C20H33N3O2.2ClH/c1-17-7-6-8-18(15-17)19(23-11-13-25-14-12-23)16-22-20(24)9-4-2-3-5-10-21;;/h6-8,15,19H,2-5,9-14,16,21H2,1H3,(H,22,24);2*1H. The number of nitrogens with zero attached hydrogens (tertiary/aromatic N) is 1. The summed E-state index contributed by atoms with van der Waals surface area (Å²) >= 11 is 0. The highest BCUT2D eigenvalue weighted by atomic mass is 35.5. The molecule has 1 saturated heterocycles. The van der Waals surface area contributed by atoms with Gasteiger partial charge in [0.25, 0.3) is 0 Å². The van der Waals surface area contributed by atoms with E-state index in [-0.39, 0.29) is 36.8 Å². The van der Waals surface area contributed by atoms with Crippen LogP contribution in [0.3, 0.4) is 0 Å². The SMILES string of the molecule is Cc1cccc(C(CNC(=O)CCCCCCN)N2CCOCC2)c1.Cl.Cl. The zero-order chi connectivity index (χ0) is 17.9. The van der Waals surface area contributed by atoms with Gasteiger partial charge in [-0.25, -0.2) is 0 Å². The van der Waals surface area contributed by atoms with Crippen LogP contribution in [-0.2, 0) is 9.53 Å². The van der Waals surface area contributed by atoms with Crippen molar-refractivity contribution in [1.29, 1.82) is 0 Å². The predicted octanol–water partition coefficient (Wildman–Crippen LogP) is 3.24. The van der Waals surface area contributed by atoms with E-state index >= 15 is 0 Å². The highest BCUT2D eigenvalue weighted by molar-refractivity contribution is 5.85. The van der Waals surface area contributed by atoms with Gasteiger partial charge in [-0.15, -0.1) is 24.8 Å². The van der Waals surface area contributed by atoms with Gasteiger partial charge in [0.05, 0.1) is 19.3 Å². The maximum Gasteiger partial charge on any atom is 0.220 e.